The Bertz CT molecular complexity index is 615. The zero-order valence-electron chi connectivity index (χ0n) is 13.4. The van der Waals surface area contributed by atoms with Crippen LogP contribution in [-0.2, 0) is 16.8 Å². The highest BCUT2D eigenvalue weighted by molar-refractivity contribution is 5.85. The lowest BCUT2D eigenvalue weighted by atomic mass is 9.90. The largest absolute Gasteiger partial charge is 0.369 e. The molecule has 1 N–H and O–H groups in total. The van der Waals surface area contributed by atoms with Gasteiger partial charge in [-0.05, 0) is 44.5 Å². The molecule has 1 unspecified atom stereocenters. The van der Waals surface area contributed by atoms with E-state index in [9.17, 15) is 0 Å². The third-order valence-electron chi connectivity index (χ3n) is 4.91. The molecule has 3 heteroatoms. The van der Waals surface area contributed by atoms with Crippen molar-refractivity contribution in [2.24, 2.45) is 0 Å². The summed E-state index contributed by atoms with van der Waals surface area (Å²) in [6.45, 7) is 10.8. The van der Waals surface area contributed by atoms with E-state index >= 15 is 0 Å². The Kier molecular flexibility index (Phi) is 4.05. The minimum atomic E-state index is -0.185. The van der Waals surface area contributed by atoms with Gasteiger partial charge in [-0.2, -0.15) is 0 Å². The van der Waals surface area contributed by atoms with Crippen molar-refractivity contribution < 1.29 is 4.74 Å². The van der Waals surface area contributed by atoms with Crippen molar-refractivity contribution >= 4 is 10.9 Å². The summed E-state index contributed by atoms with van der Waals surface area (Å²) in [7, 11) is 0. The molecule has 0 bridgehead atoms. The van der Waals surface area contributed by atoms with Crippen LogP contribution in [0.2, 0.25) is 0 Å². The van der Waals surface area contributed by atoms with E-state index in [0.29, 0.717) is 0 Å². The second-order valence-electron chi connectivity index (χ2n) is 6.13. The van der Waals surface area contributed by atoms with E-state index in [1.807, 2.05) is 0 Å². The second-order valence-corrected chi connectivity index (χ2v) is 6.13. The number of benzene rings is 1. The fourth-order valence-corrected chi connectivity index (χ4v) is 3.47. The second kappa shape index (κ2) is 5.82. The number of hydrogen-bond acceptors (Lipinski definition) is 2. The van der Waals surface area contributed by atoms with Crippen molar-refractivity contribution in [3.05, 3.63) is 35.5 Å². The predicted octanol–water partition coefficient (Wildman–Crippen LogP) is 3.69. The minimum absolute atomic E-state index is 0.185. The first-order valence-electron chi connectivity index (χ1n) is 8.14. The Balaban J connectivity index is 1.92. The number of H-pyrrole nitrogens is 1. The van der Waals surface area contributed by atoms with Crippen molar-refractivity contribution in [3.63, 3.8) is 0 Å². The van der Waals surface area contributed by atoms with E-state index in [1.54, 1.807) is 0 Å². The molecule has 1 aromatic carbocycles. The van der Waals surface area contributed by atoms with E-state index in [1.165, 1.54) is 22.2 Å². The third kappa shape index (κ3) is 2.60. The molecular formula is C18H26N2O. The summed E-state index contributed by atoms with van der Waals surface area (Å²) in [5.41, 5.74) is 3.80. The van der Waals surface area contributed by atoms with Crippen LogP contribution in [0.4, 0.5) is 0 Å². The molecule has 1 aliphatic heterocycles. The molecule has 3 rings (SSSR count). The van der Waals surface area contributed by atoms with Gasteiger partial charge in [-0.15, -0.1) is 0 Å². The number of hydrogen-bond donors (Lipinski definition) is 1. The molecule has 0 saturated carbocycles. The lowest BCUT2D eigenvalue weighted by molar-refractivity contribution is -0.0592. The van der Waals surface area contributed by atoms with Gasteiger partial charge in [0.1, 0.15) is 5.60 Å². The van der Waals surface area contributed by atoms with Gasteiger partial charge in [0.2, 0.25) is 0 Å². The Labute approximate surface area is 127 Å². The average molecular weight is 286 g/mol. The minimum Gasteiger partial charge on any atom is -0.369 e. The summed E-state index contributed by atoms with van der Waals surface area (Å²) in [5.74, 6) is 0. The van der Waals surface area contributed by atoms with Crippen LogP contribution in [-0.4, -0.2) is 36.1 Å². The summed E-state index contributed by atoms with van der Waals surface area (Å²) >= 11 is 0. The van der Waals surface area contributed by atoms with Crippen molar-refractivity contribution in [3.8, 4) is 0 Å². The molecule has 1 aliphatic rings. The molecule has 2 aromatic rings. The van der Waals surface area contributed by atoms with Gasteiger partial charge in [-0.3, -0.25) is 0 Å². The monoisotopic (exact) mass is 286 g/mol. The Morgan fingerprint density at radius 1 is 1.24 bits per heavy atom. The SMILES string of the molecule is CCN(CC)CCC1(C)OCCc2c1[nH]c1ccccc21. The maximum atomic E-state index is 6.20. The quantitative estimate of drug-likeness (QED) is 0.908. The smallest absolute Gasteiger partial charge is 0.106 e. The van der Waals surface area contributed by atoms with Gasteiger partial charge in [0.05, 0.1) is 12.3 Å². The highest BCUT2D eigenvalue weighted by atomic mass is 16.5. The molecule has 0 radical (unpaired) electrons. The Morgan fingerprint density at radius 2 is 2.00 bits per heavy atom. The van der Waals surface area contributed by atoms with Gasteiger partial charge in [0.25, 0.3) is 0 Å². The zero-order valence-corrected chi connectivity index (χ0v) is 13.4. The normalized spacial score (nSPS) is 21.9. The molecule has 3 nitrogen and oxygen atoms in total. The van der Waals surface area contributed by atoms with E-state index in [-0.39, 0.29) is 5.60 Å². The molecule has 2 heterocycles. The van der Waals surface area contributed by atoms with Gasteiger partial charge >= 0.3 is 0 Å². The molecular weight excluding hydrogens is 260 g/mol. The number of aromatic nitrogens is 1. The van der Waals surface area contributed by atoms with Crippen molar-refractivity contribution in [1.82, 2.24) is 9.88 Å². The molecule has 1 aromatic heterocycles. The standard InChI is InChI=1S/C18H26N2O/c1-4-20(5-2)12-11-18(3)17-15(10-13-21-18)14-8-6-7-9-16(14)19-17/h6-9,19H,4-5,10-13H2,1-3H3. The van der Waals surface area contributed by atoms with Gasteiger partial charge in [-0.1, -0.05) is 32.0 Å². The molecule has 0 fully saturated rings. The van der Waals surface area contributed by atoms with Crippen LogP contribution in [0, 0.1) is 0 Å². The van der Waals surface area contributed by atoms with E-state index < -0.39 is 0 Å². The zero-order chi connectivity index (χ0) is 14.9. The number of para-hydroxylation sites is 1. The van der Waals surface area contributed by atoms with Crippen LogP contribution in [0.3, 0.4) is 0 Å². The van der Waals surface area contributed by atoms with E-state index in [2.05, 4.69) is 54.9 Å². The Morgan fingerprint density at radius 3 is 2.76 bits per heavy atom. The van der Waals surface area contributed by atoms with Gasteiger partial charge in [0, 0.05) is 17.4 Å². The fraction of sp³-hybridized carbons (Fsp3) is 0.556. The third-order valence-corrected chi connectivity index (χ3v) is 4.91. The van der Waals surface area contributed by atoms with Crippen molar-refractivity contribution in [1.29, 1.82) is 0 Å². The maximum absolute atomic E-state index is 6.20. The van der Waals surface area contributed by atoms with Gasteiger partial charge < -0.3 is 14.6 Å². The van der Waals surface area contributed by atoms with Gasteiger partial charge in [0.15, 0.2) is 0 Å². The number of ether oxygens (including phenoxy) is 1. The number of rotatable bonds is 5. The first kappa shape index (κ1) is 14.6. The van der Waals surface area contributed by atoms with Gasteiger partial charge in [-0.25, -0.2) is 0 Å². The van der Waals surface area contributed by atoms with Crippen LogP contribution < -0.4 is 0 Å². The Hall–Kier alpha value is -1.32. The summed E-state index contributed by atoms with van der Waals surface area (Å²) in [5, 5.41) is 1.37. The van der Waals surface area contributed by atoms with Crippen LogP contribution in [0.15, 0.2) is 24.3 Å². The first-order chi connectivity index (χ1) is 10.2. The average Bonchev–Trinajstić information content (AvgIpc) is 2.89. The number of nitrogens with one attached hydrogen (secondary N) is 1. The van der Waals surface area contributed by atoms with Crippen LogP contribution in [0.5, 0.6) is 0 Å². The predicted molar refractivity (Wildman–Crippen MR) is 87.7 cm³/mol. The summed E-state index contributed by atoms with van der Waals surface area (Å²) in [6.07, 6.45) is 2.05. The lowest BCUT2D eigenvalue weighted by Crippen LogP contribution is -2.37. The summed E-state index contributed by atoms with van der Waals surface area (Å²) in [6, 6.07) is 8.61. The van der Waals surface area contributed by atoms with Crippen molar-refractivity contribution in [2.45, 2.75) is 39.2 Å². The van der Waals surface area contributed by atoms with Crippen molar-refractivity contribution in [2.75, 3.05) is 26.2 Å². The summed E-state index contributed by atoms with van der Waals surface area (Å²) in [4.78, 5) is 6.09. The topological polar surface area (TPSA) is 28.3 Å². The number of nitrogens with zero attached hydrogens (tertiary/aromatic N) is 1. The highest BCUT2D eigenvalue weighted by Crippen LogP contribution is 2.38. The first-order valence-corrected chi connectivity index (χ1v) is 8.14. The van der Waals surface area contributed by atoms with Crippen LogP contribution in [0.1, 0.15) is 38.4 Å². The summed E-state index contributed by atoms with van der Waals surface area (Å²) < 4.78 is 6.20. The molecule has 1 atom stereocenters. The molecule has 21 heavy (non-hydrogen) atoms. The number of fused-ring (bicyclic) bond motifs is 3. The molecule has 0 saturated heterocycles. The van der Waals surface area contributed by atoms with E-state index in [4.69, 9.17) is 4.74 Å². The lowest BCUT2D eigenvalue weighted by Gasteiger charge is -2.35. The fourth-order valence-electron chi connectivity index (χ4n) is 3.47. The highest BCUT2D eigenvalue weighted by Gasteiger charge is 2.35. The number of aromatic amines is 1. The molecule has 114 valence electrons. The van der Waals surface area contributed by atoms with Crippen LogP contribution >= 0.6 is 0 Å². The molecule has 0 spiro atoms. The van der Waals surface area contributed by atoms with E-state index in [0.717, 1.165) is 39.1 Å². The van der Waals surface area contributed by atoms with Crippen LogP contribution in [0.25, 0.3) is 10.9 Å². The maximum Gasteiger partial charge on any atom is 0.106 e. The molecule has 0 amide bonds. The molecule has 0 aliphatic carbocycles.